The van der Waals surface area contributed by atoms with Crippen LogP contribution in [0, 0.1) is 0 Å². The van der Waals surface area contributed by atoms with Crippen LogP contribution in [-0.2, 0) is 0 Å². The molecular weight excluding hydrogens is 226 g/mol. The van der Waals surface area contributed by atoms with E-state index in [4.69, 9.17) is 0 Å². The number of carbonyl (C=O) groups is 1. The first kappa shape index (κ1) is 12.9. The summed E-state index contributed by atoms with van der Waals surface area (Å²) in [6.07, 6.45) is 8.23. The smallest absolute Gasteiger partial charge is 0.317 e. The molecule has 2 rings (SSSR count). The molecule has 0 radical (unpaired) electrons. The maximum absolute atomic E-state index is 12.1. The van der Waals surface area contributed by atoms with Crippen molar-refractivity contribution in [2.75, 3.05) is 13.1 Å². The van der Waals surface area contributed by atoms with E-state index in [-0.39, 0.29) is 12.1 Å². The van der Waals surface area contributed by atoms with E-state index in [9.17, 15) is 4.79 Å². The van der Waals surface area contributed by atoms with Crippen LogP contribution in [0.25, 0.3) is 0 Å². The van der Waals surface area contributed by atoms with Crippen molar-refractivity contribution < 1.29 is 4.79 Å². The van der Waals surface area contributed by atoms with Crippen LogP contribution in [0.3, 0.4) is 0 Å². The molecule has 0 aromatic carbocycles. The van der Waals surface area contributed by atoms with Crippen LogP contribution >= 0.6 is 0 Å². The predicted octanol–water partition coefficient (Wildman–Crippen LogP) is 2.73. The summed E-state index contributed by atoms with van der Waals surface area (Å²) in [5.41, 5.74) is 1.09. The number of nitrogens with one attached hydrogen (secondary N) is 1. The molecule has 98 valence electrons. The number of likely N-dealkylation sites (tertiary alicyclic amines) is 1. The Hall–Kier alpha value is -1.58. The van der Waals surface area contributed by atoms with Crippen LogP contribution in [0.4, 0.5) is 4.79 Å². The molecule has 1 aromatic heterocycles. The fourth-order valence-electron chi connectivity index (χ4n) is 2.29. The third-order valence-corrected chi connectivity index (χ3v) is 3.44. The molecule has 1 fully saturated rings. The number of urea groups is 1. The lowest BCUT2D eigenvalue weighted by Gasteiger charge is -2.23. The second kappa shape index (κ2) is 6.38. The van der Waals surface area contributed by atoms with Crippen LogP contribution in [0.5, 0.6) is 0 Å². The number of amides is 2. The normalized spacial score (nSPS) is 17.9. The van der Waals surface area contributed by atoms with Crippen molar-refractivity contribution in [3.8, 4) is 0 Å². The molecule has 1 aliphatic heterocycles. The van der Waals surface area contributed by atoms with Gasteiger partial charge in [-0.05, 0) is 37.5 Å². The van der Waals surface area contributed by atoms with Crippen molar-refractivity contribution in [1.29, 1.82) is 0 Å². The van der Waals surface area contributed by atoms with Crippen LogP contribution in [0.15, 0.2) is 24.5 Å². The maximum atomic E-state index is 12.1. The molecule has 4 heteroatoms. The Morgan fingerprint density at radius 2 is 1.83 bits per heavy atom. The number of aromatic nitrogens is 1. The number of carbonyl (C=O) groups excluding carboxylic acids is 1. The van der Waals surface area contributed by atoms with Gasteiger partial charge in [-0.15, -0.1) is 0 Å². The summed E-state index contributed by atoms with van der Waals surface area (Å²) in [4.78, 5) is 18.1. The maximum Gasteiger partial charge on any atom is 0.317 e. The van der Waals surface area contributed by atoms with Gasteiger partial charge in [0, 0.05) is 25.5 Å². The average Bonchev–Trinajstić information content (AvgIpc) is 2.68. The fraction of sp³-hybridized carbons (Fsp3) is 0.571. The van der Waals surface area contributed by atoms with E-state index in [2.05, 4.69) is 10.3 Å². The van der Waals surface area contributed by atoms with Gasteiger partial charge in [-0.25, -0.2) is 4.79 Å². The molecule has 1 saturated heterocycles. The highest BCUT2D eigenvalue weighted by Crippen LogP contribution is 2.13. The Morgan fingerprint density at radius 1 is 1.22 bits per heavy atom. The van der Waals surface area contributed by atoms with E-state index in [1.54, 1.807) is 12.4 Å². The number of rotatable bonds is 2. The minimum atomic E-state index is 0.0313. The summed E-state index contributed by atoms with van der Waals surface area (Å²) in [7, 11) is 0. The fourth-order valence-corrected chi connectivity index (χ4v) is 2.29. The van der Waals surface area contributed by atoms with E-state index in [1.807, 2.05) is 24.0 Å². The first-order valence-corrected chi connectivity index (χ1v) is 6.73. The second-order valence-electron chi connectivity index (χ2n) is 4.85. The molecule has 1 N–H and O–H groups in total. The summed E-state index contributed by atoms with van der Waals surface area (Å²) in [6, 6.07) is 3.96. The van der Waals surface area contributed by atoms with Crippen molar-refractivity contribution in [3.63, 3.8) is 0 Å². The number of hydrogen-bond donors (Lipinski definition) is 1. The molecule has 2 heterocycles. The van der Waals surface area contributed by atoms with Crippen molar-refractivity contribution in [3.05, 3.63) is 30.1 Å². The third-order valence-electron chi connectivity index (χ3n) is 3.44. The minimum absolute atomic E-state index is 0.0313. The summed E-state index contributed by atoms with van der Waals surface area (Å²) in [6.45, 7) is 3.77. The molecule has 1 aromatic rings. The summed E-state index contributed by atoms with van der Waals surface area (Å²) in [5, 5.41) is 3.05. The first-order chi connectivity index (χ1) is 8.77. The van der Waals surface area contributed by atoms with Crippen LogP contribution in [0.2, 0.25) is 0 Å². The molecule has 0 bridgehead atoms. The van der Waals surface area contributed by atoms with Gasteiger partial charge in [0.15, 0.2) is 0 Å². The van der Waals surface area contributed by atoms with Gasteiger partial charge in [0.2, 0.25) is 0 Å². The number of nitrogens with zero attached hydrogens (tertiary/aromatic N) is 2. The highest BCUT2D eigenvalue weighted by atomic mass is 16.2. The van der Waals surface area contributed by atoms with Crippen LogP contribution in [-0.4, -0.2) is 29.0 Å². The summed E-state index contributed by atoms with van der Waals surface area (Å²) >= 11 is 0. The number of pyridine rings is 1. The molecular formula is C14H21N3O. The van der Waals surface area contributed by atoms with E-state index < -0.39 is 0 Å². The lowest BCUT2D eigenvalue weighted by molar-refractivity contribution is 0.196. The Bertz CT molecular complexity index is 372. The Balaban J connectivity index is 1.90. The van der Waals surface area contributed by atoms with E-state index >= 15 is 0 Å². The average molecular weight is 247 g/mol. The third kappa shape index (κ3) is 3.45. The number of hydrogen-bond acceptors (Lipinski definition) is 2. The highest BCUT2D eigenvalue weighted by Gasteiger charge is 2.17. The molecule has 1 aliphatic rings. The quantitative estimate of drug-likeness (QED) is 0.873. The lowest BCUT2D eigenvalue weighted by atomic mass is 10.1. The topological polar surface area (TPSA) is 45.2 Å². The summed E-state index contributed by atoms with van der Waals surface area (Å²) < 4.78 is 0. The molecule has 18 heavy (non-hydrogen) atoms. The van der Waals surface area contributed by atoms with Crippen LogP contribution in [0.1, 0.15) is 44.2 Å². The van der Waals surface area contributed by atoms with Gasteiger partial charge < -0.3 is 10.2 Å². The van der Waals surface area contributed by atoms with E-state index in [1.165, 1.54) is 12.8 Å². The van der Waals surface area contributed by atoms with E-state index in [0.717, 1.165) is 31.5 Å². The summed E-state index contributed by atoms with van der Waals surface area (Å²) in [5.74, 6) is 0. The monoisotopic (exact) mass is 247 g/mol. The lowest BCUT2D eigenvalue weighted by Crippen LogP contribution is -2.41. The Kier molecular flexibility index (Phi) is 4.56. The highest BCUT2D eigenvalue weighted by molar-refractivity contribution is 5.74. The van der Waals surface area contributed by atoms with Gasteiger partial charge in [-0.2, -0.15) is 0 Å². The van der Waals surface area contributed by atoms with Crippen molar-refractivity contribution >= 4 is 6.03 Å². The Morgan fingerprint density at radius 3 is 2.44 bits per heavy atom. The minimum Gasteiger partial charge on any atom is -0.331 e. The molecule has 4 nitrogen and oxygen atoms in total. The molecule has 0 aliphatic carbocycles. The largest absolute Gasteiger partial charge is 0.331 e. The van der Waals surface area contributed by atoms with Crippen LogP contribution < -0.4 is 5.32 Å². The molecule has 1 atom stereocenters. The zero-order chi connectivity index (χ0) is 12.8. The van der Waals surface area contributed by atoms with Crippen molar-refractivity contribution in [2.24, 2.45) is 0 Å². The van der Waals surface area contributed by atoms with Gasteiger partial charge >= 0.3 is 6.03 Å². The van der Waals surface area contributed by atoms with Gasteiger partial charge in [0.05, 0.1) is 6.04 Å². The predicted molar refractivity (Wildman–Crippen MR) is 71.2 cm³/mol. The van der Waals surface area contributed by atoms with Gasteiger partial charge in [0.1, 0.15) is 0 Å². The van der Waals surface area contributed by atoms with Gasteiger partial charge in [0.25, 0.3) is 0 Å². The Labute approximate surface area is 108 Å². The van der Waals surface area contributed by atoms with Gasteiger partial charge in [-0.1, -0.05) is 12.8 Å². The zero-order valence-corrected chi connectivity index (χ0v) is 10.9. The standard InChI is InChI=1S/C14H21N3O/c1-12(13-6-8-15-9-7-13)16-14(18)17-10-4-2-3-5-11-17/h6-9,12H,2-5,10-11H2,1H3,(H,16,18). The van der Waals surface area contributed by atoms with E-state index in [0.29, 0.717) is 0 Å². The zero-order valence-electron chi connectivity index (χ0n) is 10.9. The molecule has 0 saturated carbocycles. The SMILES string of the molecule is CC(NC(=O)N1CCCCCC1)c1ccncc1. The molecule has 0 spiro atoms. The second-order valence-corrected chi connectivity index (χ2v) is 4.85. The van der Waals surface area contributed by atoms with Gasteiger partial charge in [-0.3, -0.25) is 4.98 Å². The van der Waals surface area contributed by atoms with Crippen molar-refractivity contribution in [1.82, 2.24) is 15.2 Å². The molecule has 1 unspecified atom stereocenters. The first-order valence-electron chi connectivity index (χ1n) is 6.73. The van der Waals surface area contributed by atoms with Crippen molar-refractivity contribution in [2.45, 2.75) is 38.6 Å². The molecule has 2 amide bonds.